The minimum Gasteiger partial charge on any atom is -0.359 e. The van der Waals surface area contributed by atoms with Crippen LogP contribution in [0.15, 0.2) is 6.07 Å². The van der Waals surface area contributed by atoms with E-state index in [-0.39, 0.29) is 17.7 Å². The van der Waals surface area contributed by atoms with Gasteiger partial charge < -0.3 is 10.2 Å². The van der Waals surface area contributed by atoms with E-state index in [2.05, 4.69) is 25.2 Å². The lowest BCUT2D eigenvalue weighted by molar-refractivity contribution is -0.125. The molecule has 0 bridgehead atoms. The van der Waals surface area contributed by atoms with E-state index in [9.17, 15) is 9.59 Å². The third-order valence-corrected chi connectivity index (χ3v) is 5.23. The Morgan fingerprint density at radius 2 is 2.05 bits per heavy atom. The van der Waals surface area contributed by atoms with Gasteiger partial charge in [0.25, 0.3) is 5.91 Å². The van der Waals surface area contributed by atoms with Crippen molar-refractivity contribution in [3.05, 3.63) is 21.4 Å². The van der Waals surface area contributed by atoms with Crippen molar-refractivity contribution in [2.24, 2.45) is 5.92 Å². The van der Waals surface area contributed by atoms with Gasteiger partial charge in [-0.05, 0) is 37.8 Å². The van der Waals surface area contributed by atoms with E-state index < -0.39 is 0 Å². The highest BCUT2D eigenvalue weighted by Crippen LogP contribution is 2.26. The van der Waals surface area contributed by atoms with Crippen molar-refractivity contribution in [3.63, 3.8) is 0 Å². The summed E-state index contributed by atoms with van der Waals surface area (Å²) in [5, 5.41) is 2.69. The van der Waals surface area contributed by atoms with E-state index in [0.29, 0.717) is 13.1 Å². The lowest BCUT2D eigenvalue weighted by Crippen LogP contribution is -2.42. The maximum atomic E-state index is 12.6. The number of aryl methyl sites for hydroxylation is 2. The molecular formula is C16H24N2O2S. The predicted molar refractivity (Wildman–Crippen MR) is 85.7 cm³/mol. The monoisotopic (exact) mass is 308 g/mol. The maximum absolute atomic E-state index is 12.6. The average molecular weight is 308 g/mol. The maximum Gasteiger partial charge on any atom is 0.263 e. The molecule has 0 saturated carbocycles. The minimum absolute atomic E-state index is 0.0553. The van der Waals surface area contributed by atoms with Crippen LogP contribution in [0, 0.1) is 12.8 Å². The number of likely N-dealkylation sites (tertiary alicyclic amines) is 1. The van der Waals surface area contributed by atoms with Gasteiger partial charge in [0.15, 0.2) is 0 Å². The fourth-order valence-electron chi connectivity index (χ4n) is 2.85. The molecule has 1 aromatic heterocycles. The van der Waals surface area contributed by atoms with Crippen molar-refractivity contribution in [2.75, 3.05) is 20.1 Å². The fraction of sp³-hybridized carbons (Fsp3) is 0.625. The molecule has 0 aromatic carbocycles. The topological polar surface area (TPSA) is 49.4 Å². The molecule has 5 heteroatoms. The molecule has 1 saturated heterocycles. The van der Waals surface area contributed by atoms with Crippen molar-refractivity contribution in [3.8, 4) is 0 Å². The molecule has 1 aliphatic rings. The van der Waals surface area contributed by atoms with E-state index in [4.69, 9.17) is 0 Å². The van der Waals surface area contributed by atoms with Crippen LogP contribution < -0.4 is 5.32 Å². The zero-order valence-corrected chi connectivity index (χ0v) is 13.9. The van der Waals surface area contributed by atoms with E-state index in [1.807, 2.05) is 4.90 Å². The zero-order chi connectivity index (χ0) is 15.4. The molecule has 116 valence electrons. The summed E-state index contributed by atoms with van der Waals surface area (Å²) in [5.41, 5.74) is 1.30. The second-order valence-electron chi connectivity index (χ2n) is 5.62. The second-order valence-corrected chi connectivity index (χ2v) is 6.88. The summed E-state index contributed by atoms with van der Waals surface area (Å²) < 4.78 is 0. The van der Waals surface area contributed by atoms with Crippen LogP contribution >= 0.6 is 11.3 Å². The number of amides is 2. The third-order valence-electron chi connectivity index (χ3n) is 4.15. The number of carbonyl (C=O) groups excluding carboxylic acids is 2. The largest absolute Gasteiger partial charge is 0.359 e. The number of rotatable bonds is 4. The van der Waals surface area contributed by atoms with E-state index in [1.54, 1.807) is 18.4 Å². The van der Waals surface area contributed by atoms with Gasteiger partial charge in [0.1, 0.15) is 0 Å². The van der Waals surface area contributed by atoms with Crippen LogP contribution in [0.2, 0.25) is 0 Å². The summed E-state index contributed by atoms with van der Waals surface area (Å²) in [7, 11) is 1.67. The molecule has 2 heterocycles. The zero-order valence-electron chi connectivity index (χ0n) is 13.1. The Morgan fingerprint density at radius 1 is 1.38 bits per heavy atom. The second kappa shape index (κ2) is 7.07. The summed E-state index contributed by atoms with van der Waals surface area (Å²) >= 11 is 1.60. The van der Waals surface area contributed by atoms with Gasteiger partial charge in [-0.25, -0.2) is 0 Å². The first kappa shape index (κ1) is 16.0. The number of hydrogen-bond acceptors (Lipinski definition) is 3. The van der Waals surface area contributed by atoms with Gasteiger partial charge in [-0.1, -0.05) is 13.3 Å². The summed E-state index contributed by atoms with van der Waals surface area (Å²) in [6.45, 7) is 5.60. The van der Waals surface area contributed by atoms with Crippen LogP contribution in [0.4, 0.5) is 0 Å². The molecule has 2 rings (SSSR count). The molecule has 2 amide bonds. The van der Waals surface area contributed by atoms with Crippen LogP contribution in [0.3, 0.4) is 0 Å². The van der Waals surface area contributed by atoms with Gasteiger partial charge >= 0.3 is 0 Å². The summed E-state index contributed by atoms with van der Waals surface area (Å²) in [6.07, 6.45) is 3.66. The Bertz CT molecular complexity index is 516. The highest BCUT2D eigenvalue weighted by molar-refractivity contribution is 7.14. The van der Waals surface area contributed by atoms with Gasteiger partial charge in [0.05, 0.1) is 4.88 Å². The average Bonchev–Trinajstić information content (AvgIpc) is 2.87. The number of thiophene rings is 1. The first-order valence-electron chi connectivity index (χ1n) is 7.67. The van der Waals surface area contributed by atoms with Crippen molar-refractivity contribution < 1.29 is 9.59 Å². The lowest BCUT2D eigenvalue weighted by atomic mass is 9.96. The minimum atomic E-state index is 0.0553. The van der Waals surface area contributed by atoms with E-state index in [0.717, 1.165) is 30.6 Å². The highest BCUT2D eigenvalue weighted by atomic mass is 32.1. The van der Waals surface area contributed by atoms with Crippen LogP contribution in [-0.2, 0) is 11.2 Å². The Morgan fingerprint density at radius 3 is 2.62 bits per heavy atom. The van der Waals surface area contributed by atoms with Gasteiger partial charge in [0, 0.05) is 30.9 Å². The molecule has 0 unspecified atom stereocenters. The van der Waals surface area contributed by atoms with Crippen molar-refractivity contribution in [2.45, 2.75) is 39.5 Å². The molecule has 0 atom stereocenters. The molecular weight excluding hydrogens is 284 g/mol. The van der Waals surface area contributed by atoms with Crippen LogP contribution in [0.5, 0.6) is 0 Å². The number of carbonyl (C=O) groups is 2. The Balaban J connectivity index is 1.98. The lowest BCUT2D eigenvalue weighted by Gasteiger charge is -2.30. The molecule has 21 heavy (non-hydrogen) atoms. The van der Waals surface area contributed by atoms with Crippen LogP contribution in [-0.4, -0.2) is 36.9 Å². The molecule has 1 aliphatic heterocycles. The quantitative estimate of drug-likeness (QED) is 0.929. The Kier molecular flexibility index (Phi) is 5.39. The number of nitrogens with zero attached hydrogens (tertiary/aromatic N) is 1. The molecule has 4 nitrogen and oxygen atoms in total. The van der Waals surface area contributed by atoms with Gasteiger partial charge in [0.2, 0.25) is 5.91 Å². The van der Waals surface area contributed by atoms with Gasteiger partial charge in [-0.3, -0.25) is 9.59 Å². The molecule has 1 N–H and O–H groups in total. The summed E-state index contributed by atoms with van der Waals surface area (Å²) in [4.78, 5) is 28.2. The van der Waals surface area contributed by atoms with Crippen molar-refractivity contribution in [1.29, 1.82) is 0 Å². The van der Waals surface area contributed by atoms with Crippen LogP contribution in [0.1, 0.15) is 46.3 Å². The van der Waals surface area contributed by atoms with E-state index in [1.165, 1.54) is 10.4 Å². The standard InChI is InChI=1S/C16H24N2O2S/c1-4-5-13-10-14(21-11(13)2)16(20)18-8-6-12(7-9-18)15(19)17-3/h10,12H,4-9H2,1-3H3,(H,17,19). The SMILES string of the molecule is CCCc1cc(C(=O)N2CCC(C(=O)NC)CC2)sc1C. The van der Waals surface area contributed by atoms with Crippen LogP contribution in [0.25, 0.3) is 0 Å². The van der Waals surface area contributed by atoms with E-state index >= 15 is 0 Å². The summed E-state index contributed by atoms with van der Waals surface area (Å²) in [6, 6.07) is 2.05. The molecule has 0 aliphatic carbocycles. The normalized spacial score (nSPS) is 16.0. The highest BCUT2D eigenvalue weighted by Gasteiger charge is 2.28. The molecule has 0 radical (unpaired) electrons. The van der Waals surface area contributed by atoms with Gasteiger partial charge in [-0.2, -0.15) is 0 Å². The number of nitrogens with one attached hydrogen (secondary N) is 1. The molecule has 0 spiro atoms. The first-order chi connectivity index (χ1) is 10.1. The fourth-order valence-corrected chi connectivity index (χ4v) is 3.89. The Labute approximate surface area is 130 Å². The first-order valence-corrected chi connectivity index (χ1v) is 8.48. The van der Waals surface area contributed by atoms with Crippen molar-refractivity contribution in [1.82, 2.24) is 10.2 Å². The number of piperidine rings is 1. The number of hydrogen-bond donors (Lipinski definition) is 1. The van der Waals surface area contributed by atoms with Gasteiger partial charge in [-0.15, -0.1) is 11.3 Å². The Hall–Kier alpha value is -1.36. The molecule has 1 aromatic rings. The summed E-state index contributed by atoms with van der Waals surface area (Å²) in [5.74, 6) is 0.278. The predicted octanol–water partition coefficient (Wildman–Crippen LogP) is 2.61. The third kappa shape index (κ3) is 3.64. The smallest absolute Gasteiger partial charge is 0.263 e. The molecule has 1 fully saturated rings. The van der Waals surface area contributed by atoms with Crippen molar-refractivity contribution >= 4 is 23.2 Å².